The molecule has 4 rings (SSSR count). The molecule has 0 heterocycles. The van der Waals surface area contributed by atoms with Crippen LogP contribution in [0.25, 0.3) is 0 Å². The predicted octanol–water partition coefficient (Wildman–Crippen LogP) is 4.83. The Kier molecular flexibility index (Phi) is 3.66. The summed E-state index contributed by atoms with van der Waals surface area (Å²) in [6.07, 6.45) is 9.99. The van der Waals surface area contributed by atoms with E-state index in [0.717, 1.165) is 50.0 Å². The fourth-order valence-corrected chi connectivity index (χ4v) is 7.27. The van der Waals surface area contributed by atoms with E-state index in [2.05, 4.69) is 26.8 Å². The molecule has 4 aliphatic rings. The average Bonchev–Trinajstić information content (AvgIpc) is 2.78. The van der Waals surface area contributed by atoms with Gasteiger partial charge in [-0.15, -0.1) is 0 Å². The number of allylic oxidation sites excluding steroid dienone is 3. The van der Waals surface area contributed by atoms with Gasteiger partial charge in [0.25, 0.3) is 0 Å². The van der Waals surface area contributed by atoms with E-state index in [1.54, 1.807) is 6.92 Å². The third-order valence-electron chi connectivity index (χ3n) is 8.34. The molecule has 0 aromatic rings. The van der Waals surface area contributed by atoms with E-state index < -0.39 is 0 Å². The van der Waals surface area contributed by atoms with E-state index in [0.29, 0.717) is 17.6 Å². The number of hydrogen-bond acceptors (Lipinski definition) is 2. The second-order valence-electron chi connectivity index (χ2n) is 9.53. The Labute approximate surface area is 146 Å². The summed E-state index contributed by atoms with van der Waals surface area (Å²) in [5.74, 6) is 2.38. The van der Waals surface area contributed by atoms with Crippen LogP contribution in [0.3, 0.4) is 0 Å². The number of aliphatic hydroxyl groups is 1. The molecule has 0 spiro atoms. The Morgan fingerprint density at radius 2 is 1.83 bits per heavy atom. The number of hydrogen-bond donors (Lipinski definition) is 1. The monoisotopic (exact) mass is 328 g/mol. The van der Waals surface area contributed by atoms with Crippen molar-refractivity contribution < 1.29 is 9.90 Å². The summed E-state index contributed by atoms with van der Waals surface area (Å²) in [5, 5.41) is 10.1. The SMILES string of the molecule is CC(=O)C1=C(C)C[C@H]2[C@H]3CC=C4C[C@@H](O)CC[C@]4(C)[C@@H]3CC[C@@]12C. The molecule has 4 aliphatic carbocycles. The van der Waals surface area contributed by atoms with E-state index in [9.17, 15) is 9.90 Å². The number of aliphatic hydroxyl groups excluding tert-OH is 1. The summed E-state index contributed by atoms with van der Waals surface area (Å²) in [4.78, 5) is 12.3. The standard InChI is InChI=1S/C22H32O2/c1-13-11-19-17-6-5-15-12-16(24)7-9-21(15,3)18(17)8-10-22(19,4)20(13)14(2)23/h5,16-19,24H,6-12H2,1-4H3/t16-,17-,18+,19-,21-,22+/m0/s1. The zero-order valence-electron chi connectivity index (χ0n) is 15.7. The molecule has 24 heavy (non-hydrogen) atoms. The normalized spacial score (nSPS) is 47.6. The van der Waals surface area contributed by atoms with Crippen LogP contribution in [0, 0.1) is 28.6 Å². The molecule has 0 unspecified atom stereocenters. The topological polar surface area (TPSA) is 37.3 Å². The third kappa shape index (κ3) is 2.08. The Morgan fingerprint density at radius 1 is 1.12 bits per heavy atom. The number of ketones is 1. The van der Waals surface area contributed by atoms with Crippen molar-refractivity contribution in [1.29, 1.82) is 0 Å². The van der Waals surface area contributed by atoms with Crippen molar-refractivity contribution in [2.24, 2.45) is 28.6 Å². The van der Waals surface area contributed by atoms with Crippen LogP contribution in [-0.2, 0) is 4.79 Å². The van der Waals surface area contributed by atoms with Crippen molar-refractivity contribution in [3.8, 4) is 0 Å². The molecule has 2 saturated carbocycles. The number of carbonyl (C=O) groups excluding carboxylic acids is 1. The quantitative estimate of drug-likeness (QED) is 0.700. The van der Waals surface area contributed by atoms with Gasteiger partial charge in [-0.2, -0.15) is 0 Å². The van der Waals surface area contributed by atoms with Crippen LogP contribution in [0.1, 0.15) is 72.6 Å². The summed E-state index contributed by atoms with van der Waals surface area (Å²) >= 11 is 0. The highest BCUT2D eigenvalue weighted by molar-refractivity contribution is 5.96. The second kappa shape index (κ2) is 5.30. The maximum atomic E-state index is 12.3. The van der Waals surface area contributed by atoms with Gasteiger partial charge in [0.05, 0.1) is 6.10 Å². The van der Waals surface area contributed by atoms with Crippen LogP contribution in [-0.4, -0.2) is 17.0 Å². The maximum Gasteiger partial charge on any atom is 0.156 e. The number of Topliss-reactive ketones (excluding diaryl/α,β-unsaturated/α-hetero) is 1. The molecule has 0 radical (unpaired) electrons. The largest absolute Gasteiger partial charge is 0.393 e. The molecule has 2 nitrogen and oxygen atoms in total. The average molecular weight is 328 g/mol. The molecule has 6 atom stereocenters. The lowest BCUT2D eigenvalue weighted by atomic mass is 9.47. The minimum absolute atomic E-state index is 0.104. The Morgan fingerprint density at radius 3 is 2.54 bits per heavy atom. The van der Waals surface area contributed by atoms with Crippen molar-refractivity contribution in [2.75, 3.05) is 0 Å². The van der Waals surface area contributed by atoms with Gasteiger partial charge < -0.3 is 5.11 Å². The fraction of sp³-hybridized carbons (Fsp3) is 0.773. The molecule has 0 bridgehead atoms. The minimum atomic E-state index is -0.130. The molecule has 0 aromatic carbocycles. The third-order valence-corrected chi connectivity index (χ3v) is 8.34. The molecule has 132 valence electrons. The van der Waals surface area contributed by atoms with Gasteiger partial charge in [-0.25, -0.2) is 0 Å². The first-order chi connectivity index (χ1) is 11.3. The van der Waals surface area contributed by atoms with E-state index in [-0.39, 0.29) is 16.9 Å². The van der Waals surface area contributed by atoms with E-state index >= 15 is 0 Å². The van der Waals surface area contributed by atoms with Crippen molar-refractivity contribution in [3.63, 3.8) is 0 Å². The van der Waals surface area contributed by atoms with Gasteiger partial charge in [0.2, 0.25) is 0 Å². The highest BCUT2D eigenvalue weighted by atomic mass is 16.3. The molecular formula is C22H32O2. The lowest BCUT2D eigenvalue weighted by molar-refractivity contribution is -0.115. The van der Waals surface area contributed by atoms with Gasteiger partial charge >= 0.3 is 0 Å². The first-order valence-corrected chi connectivity index (χ1v) is 9.86. The van der Waals surface area contributed by atoms with Crippen LogP contribution in [0.5, 0.6) is 0 Å². The van der Waals surface area contributed by atoms with Crippen molar-refractivity contribution in [3.05, 3.63) is 22.8 Å². The highest BCUT2D eigenvalue weighted by Gasteiger charge is 2.58. The minimum Gasteiger partial charge on any atom is -0.393 e. The first-order valence-electron chi connectivity index (χ1n) is 9.86. The van der Waals surface area contributed by atoms with E-state index in [4.69, 9.17) is 0 Å². The summed E-state index contributed by atoms with van der Waals surface area (Å²) in [5.41, 5.74) is 4.43. The summed E-state index contributed by atoms with van der Waals surface area (Å²) in [7, 11) is 0. The van der Waals surface area contributed by atoms with Gasteiger partial charge in [-0.1, -0.05) is 31.1 Å². The van der Waals surface area contributed by atoms with Gasteiger partial charge in [0, 0.05) is 0 Å². The number of rotatable bonds is 1. The molecule has 2 fully saturated rings. The first kappa shape index (κ1) is 16.6. The zero-order chi connectivity index (χ0) is 17.3. The summed E-state index contributed by atoms with van der Waals surface area (Å²) in [6.45, 7) is 8.79. The Balaban J connectivity index is 1.70. The summed E-state index contributed by atoms with van der Waals surface area (Å²) in [6, 6.07) is 0. The van der Waals surface area contributed by atoms with Gasteiger partial charge in [-0.05, 0) is 93.0 Å². The highest BCUT2D eigenvalue weighted by Crippen LogP contribution is 2.65. The van der Waals surface area contributed by atoms with Gasteiger partial charge in [0.15, 0.2) is 5.78 Å². The number of fused-ring (bicyclic) bond motifs is 5. The molecular weight excluding hydrogens is 296 g/mol. The van der Waals surface area contributed by atoms with Gasteiger partial charge in [0.1, 0.15) is 0 Å². The van der Waals surface area contributed by atoms with Crippen LogP contribution >= 0.6 is 0 Å². The van der Waals surface area contributed by atoms with Crippen LogP contribution < -0.4 is 0 Å². The Hall–Kier alpha value is -0.890. The maximum absolute atomic E-state index is 12.3. The van der Waals surface area contributed by atoms with Gasteiger partial charge in [-0.3, -0.25) is 4.79 Å². The van der Waals surface area contributed by atoms with E-state index in [1.165, 1.54) is 17.6 Å². The summed E-state index contributed by atoms with van der Waals surface area (Å²) < 4.78 is 0. The molecule has 0 amide bonds. The zero-order valence-corrected chi connectivity index (χ0v) is 15.7. The lowest BCUT2D eigenvalue weighted by Gasteiger charge is -2.57. The molecule has 2 heteroatoms. The van der Waals surface area contributed by atoms with Crippen molar-refractivity contribution in [1.82, 2.24) is 0 Å². The second-order valence-corrected chi connectivity index (χ2v) is 9.53. The number of carbonyl (C=O) groups is 1. The van der Waals surface area contributed by atoms with Crippen LogP contribution in [0.4, 0.5) is 0 Å². The molecule has 0 aliphatic heterocycles. The van der Waals surface area contributed by atoms with Crippen molar-refractivity contribution in [2.45, 2.75) is 78.7 Å². The predicted molar refractivity (Wildman–Crippen MR) is 96.5 cm³/mol. The Bertz CT molecular complexity index is 642. The van der Waals surface area contributed by atoms with E-state index in [1.807, 2.05) is 0 Å². The molecule has 0 saturated heterocycles. The molecule has 1 N–H and O–H groups in total. The molecule has 0 aromatic heterocycles. The fourth-order valence-electron chi connectivity index (χ4n) is 7.27. The van der Waals surface area contributed by atoms with Crippen LogP contribution in [0.15, 0.2) is 22.8 Å². The smallest absolute Gasteiger partial charge is 0.156 e. The van der Waals surface area contributed by atoms with Crippen molar-refractivity contribution >= 4 is 5.78 Å². The van der Waals surface area contributed by atoms with Crippen LogP contribution in [0.2, 0.25) is 0 Å². The lowest BCUT2D eigenvalue weighted by Crippen LogP contribution is -2.50.